The van der Waals surface area contributed by atoms with E-state index in [2.05, 4.69) is 40.0 Å². The summed E-state index contributed by atoms with van der Waals surface area (Å²) in [6, 6.07) is 8.03. The van der Waals surface area contributed by atoms with Gasteiger partial charge in [-0.2, -0.15) is 0 Å². The molecule has 0 radical (unpaired) electrons. The molecular formula is C22H31N5O2. The molecule has 3 heterocycles. The first kappa shape index (κ1) is 19.9. The van der Waals surface area contributed by atoms with E-state index in [0.717, 1.165) is 63.0 Å². The van der Waals surface area contributed by atoms with Crippen LogP contribution in [0.4, 0.5) is 0 Å². The molecule has 2 aliphatic rings. The molecule has 1 saturated heterocycles. The molecule has 7 nitrogen and oxygen atoms in total. The Morgan fingerprint density at radius 3 is 2.72 bits per heavy atom. The van der Waals surface area contributed by atoms with Crippen LogP contribution in [-0.2, 0) is 17.9 Å². The van der Waals surface area contributed by atoms with Gasteiger partial charge in [-0.1, -0.05) is 26.0 Å². The highest BCUT2D eigenvalue weighted by molar-refractivity contribution is 5.81. The van der Waals surface area contributed by atoms with Crippen molar-refractivity contribution in [1.29, 1.82) is 0 Å². The highest BCUT2D eigenvalue weighted by atomic mass is 16.5. The SMILES string of the molecule is CC(Oc1cccc(C(C)C)c1)C(=O)N1CCC(c2nnc3n2CCNC3)CC1. The summed E-state index contributed by atoms with van der Waals surface area (Å²) >= 11 is 0. The first-order chi connectivity index (χ1) is 14.0. The lowest BCUT2D eigenvalue weighted by Gasteiger charge is -2.33. The number of amides is 1. The number of rotatable bonds is 5. The minimum atomic E-state index is -0.485. The lowest BCUT2D eigenvalue weighted by atomic mass is 9.95. The Bertz CT molecular complexity index is 855. The Labute approximate surface area is 172 Å². The molecule has 1 fully saturated rings. The number of nitrogens with one attached hydrogen (secondary N) is 1. The first-order valence-electron chi connectivity index (χ1n) is 10.7. The number of carbonyl (C=O) groups excluding carboxylic acids is 1. The third-order valence-electron chi connectivity index (χ3n) is 6.01. The van der Waals surface area contributed by atoms with E-state index in [1.807, 2.05) is 30.0 Å². The van der Waals surface area contributed by atoms with Crippen LogP contribution in [-0.4, -0.2) is 51.3 Å². The van der Waals surface area contributed by atoms with E-state index in [1.54, 1.807) is 0 Å². The number of carbonyl (C=O) groups is 1. The van der Waals surface area contributed by atoms with Gasteiger partial charge >= 0.3 is 0 Å². The lowest BCUT2D eigenvalue weighted by Crippen LogP contribution is -2.44. The molecule has 4 rings (SSSR count). The zero-order valence-electron chi connectivity index (χ0n) is 17.6. The highest BCUT2D eigenvalue weighted by Crippen LogP contribution is 2.28. The van der Waals surface area contributed by atoms with Crippen molar-refractivity contribution in [2.75, 3.05) is 19.6 Å². The van der Waals surface area contributed by atoms with Gasteiger partial charge in [0, 0.05) is 32.1 Å². The predicted molar refractivity (Wildman–Crippen MR) is 111 cm³/mol. The van der Waals surface area contributed by atoms with Crippen molar-refractivity contribution in [3.8, 4) is 5.75 Å². The number of piperidine rings is 1. The van der Waals surface area contributed by atoms with Crippen LogP contribution in [0.3, 0.4) is 0 Å². The summed E-state index contributed by atoms with van der Waals surface area (Å²) in [5, 5.41) is 12.1. The third-order valence-corrected chi connectivity index (χ3v) is 6.01. The van der Waals surface area contributed by atoms with Gasteiger partial charge in [0.15, 0.2) is 6.10 Å². The van der Waals surface area contributed by atoms with Gasteiger partial charge in [-0.25, -0.2) is 0 Å². The Kier molecular flexibility index (Phi) is 5.85. The number of hydrogen-bond acceptors (Lipinski definition) is 5. The predicted octanol–water partition coefficient (Wildman–Crippen LogP) is 2.68. The fraction of sp³-hybridized carbons (Fsp3) is 0.591. The summed E-state index contributed by atoms with van der Waals surface area (Å²) < 4.78 is 8.23. The second-order valence-corrected chi connectivity index (χ2v) is 8.39. The van der Waals surface area contributed by atoms with E-state index in [1.165, 1.54) is 5.56 Å². The van der Waals surface area contributed by atoms with Gasteiger partial charge in [-0.05, 0) is 43.4 Å². The molecule has 1 N–H and O–H groups in total. The van der Waals surface area contributed by atoms with Gasteiger partial charge in [0.1, 0.15) is 17.4 Å². The molecule has 1 aromatic carbocycles. The van der Waals surface area contributed by atoms with E-state index in [9.17, 15) is 4.79 Å². The Morgan fingerprint density at radius 1 is 1.17 bits per heavy atom. The van der Waals surface area contributed by atoms with Crippen LogP contribution in [0.2, 0.25) is 0 Å². The van der Waals surface area contributed by atoms with Crippen LogP contribution in [0.5, 0.6) is 5.75 Å². The summed E-state index contributed by atoms with van der Waals surface area (Å²) in [6.07, 6.45) is 1.36. The number of hydrogen-bond donors (Lipinski definition) is 1. The third kappa shape index (κ3) is 4.29. The number of aromatic nitrogens is 3. The molecule has 1 atom stereocenters. The molecule has 2 aliphatic heterocycles. The molecular weight excluding hydrogens is 366 g/mol. The van der Waals surface area contributed by atoms with Crippen molar-refractivity contribution < 1.29 is 9.53 Å². The fourth-order valence-electron chi connectivity index (χ4n) is 4.23. The minimum absolute atomic E-state index is 0.0610. The summed E-state index contributed by atoms with van der Waals surface area (Å²) in [5.74, 6) is 3.74. The number of likely N-dealkylation sites (tertiary alicyclic amines) is 1. The Morgan fingerprint density at radius 2 is 1.97 bits per heavy atom. The molecule has 0 spiro atoms. The van der Waals surface area contributed by atoms with Gasteiger partial charge in [0.25, 0.3) is 5.91 Å². The van der Waals surface area contributed by atoms with Crippen molar-refractivity contribution >= 4 is 5.91 Å². The van der Waals surface area contributed by atoms with Crippen molar-refractivity contribution in [3.63, 3.8) is 0 Å². The van der Waals surface area contributed by atoms with Gasteiger partial charge in [-0.3, -0.25) is 4.79 Å². The molecule has 0 aliphatic carbocycles. The normalized spacial score (nSPS) is 18.6. The van der Waals surface area contributed by atoms with Crippen LogP contribution >= 0.6 is 0 Å². The summed E-state index contributed by atoms with van der Waals surface area (Å²) in [7, 11) is 0. The molecule has 0 saturated carbocycles. The molecule has 156 valence electrons. The topological polar surface area (TPSA) is 72.3 Å². The van der Waals surface area contributed by atoms with Crippen LogP contribution in [0, 0.1) is 0 Å². The van der Waals surface area contributed by atoms with Gasteiger partial charge in [-0.15, -0.1) is 10.2 Å². The van der Waals surface area contributed by atoms with Crippen molar-refractivity contribution in [1.82, 2.24) is 25.0 Å². The van der Waals surface area contributed by atoms with E-state index in [-0.39, 0.29) is 5.91 Å². The maximum absolute atomic E-state index is 12.9. The first-order valence-corrected chi connectivity index (χ1v) is 10.7. The van der Waals surface area contributed by atoms with Crippen molar-refractivity contribution in [3.05, 3.63) is 41.5 Å². The second-order valence-electron chi connectivity index (χ2n) is 8.39. The molecule has 0 bridgehead atoms. The van der Waals surface area contributed by atoms with Gasteiger partial charge in [0.2, 0.25) is 0 Å². The smallest absolute Gasteiger partial charge is 0.263 e. The molecule has 7 heteroatoms. The Balaban J connectivity index is 1.34. The average molecular weight is 398 g/mol. The molecule has 1 unspecified atom stereocenters. The van der Waals surface area contributed by atoms with Crippen molar-refractivity contribution in [2.24, 2.45) is 0 Å². The van der Waals surface area contributed by atoms with Crippen molar-refractivity contribution in [2.45, 2.75) is 64.6 Å². The number of fused-ring (bicyclic) bond motifs is 1. The summed E-state index contributed by atoms with van der Waals surface area (Å²) in [5.41, 5.74) is 1.22. The maximum atomic E-state index is 12.9. The molecule has 1 amide bonds. The second kappa shape index (κ2) is 8.53. The zero-order chi connectivity index (χ0) is 20.4. The minimum Gasteiger partial charge on any atom is -0.481 e. The standard InChI is InChI=1S/C22H31N5O2/c1-15(2)18-5-4-6-19(13-18)29-16(3)22(28)26-10-7-17(8-11-26)21-25-24-20-14-23-9-12-27(20)21/h4-6,13,15-17,23H,7-12,14H2,1-3H3. The quantitative estimate of drug-likeness (QED) is 0.840. The number of ether oxygens (including phenoxy) is 1. The average Bonchev–Trinajstić information content (AvgIpc) is 3.17. The largest absolute Gasteiger partial charge is 0.481 e. The van der Waals surface area contributed by atoms with Crippen LogP contribution in [0.15, 0.2) is 24.3 Å². The van der Waals surface area contributed by atoms with E-state index in [4.69, 9.17) is 4.74 Å². The fourth-order valence-corrected chi connectivity index (χ4v) is 4.23. The van der Waals surface area contributed by atoms with Crippen LogP contribution in [0.25, 0.3) is 0 Å². The van der Waals surface area contributed by atoms with Gasteiger partial charge in [0.05, 0.1) is 6.54 Å². The lowest BCUT2D eigenvalue weighted by molar-refractivity contribution is -0.139. The maximum Gasteiger partial charge on any atom is 0.263 e. The monoisotopic (exact) mass is 397 g/mol. The zero-order valence-corrected chi connectivity index (χ0v) is 17.6. The van der Waals surface area contributed by atoms with E-state index < -0.39 is 6.10 Å². The van der Waals surface area contributed by atoms with Crippen LogP contribution in [0.1, 0.15) is 62.7 Å². The Hall–Kier alpha value is -2.41. The molecule has 29 heavy (non-hydrogen) atoms. The van der Waals surface area contributed by atoms with Crippen LogP contribution < -0.4 is 10.1 Å². The summed E-state index contributed by atoms with van der Waals surface area (Å²) in [6.45, 7) is 10.3. The number of benzene rings is 1. The highest BCUT2D eigenvalue weighted by Gasteiger charge is 2.31. The molecule has 2 aromatic rings. The van der Waals surface area contributed by atoms with E-state index >= 15 is 0 Å². The van der Waals surface area contributed by atoms with Gasteiger partial charge < -0.3 is 19.5 Å². The number of nitrogens with zero attached hydrogens (tertiary/aromatic N) is 4. The summed E-state index contributed by atoms with van der Waals surface area (Å²) in [4.78, 5) is 14.8. The van der Waals surface area contributed by atoms with E-state index in [0.29, 0.717) is 11.8 Å². The molecule has 1 aromatic heterocycles.